The average molecular weight is 252 g/mol. The minimum atomic E-state index is -0.626. The van der Waals surface area contributed by atoms with E-state index in [0.29, 0.717) is 17.3 Å². The zero-order valence-electron chi connectivity index (χ0n) is 11.2. The van der Waals surface area contributed by atoms with Crippen LogP contribution < -0.4 is 4.90 Å². The molecular formula is C14H21FN2O. The molecule has 0 amide bonds. The molecule has 18 heavy (non-hydrogen) atoms. The molecule has 4 heteroatoms. The summed E-state index contributed by atoms with van der Waals surface area (Å²) < 4.78 is 14.1. The molecule has 100 valence electrons. The topological polar surface area (TPSA) is 26.7 Å². The number of hydrogen-bond acceptors (Lipinski definition) is 3. The molecule has 0 spiro atoms. The second-order valence-electron chi connectivity index (χ2n) is 5.19. The maximum Gasteiger partial charge on any atom is 0.146 e. The van der Waals surface area contributed by atoms with Crippen molar-refractivity contribution in [1.82, 2.24) is 4.90 Å². The smallest absolute Gasteiger partial charge is 0.146 e. The van der Waals surface area contributed by atoms with Crippen LogP contribution in [-0.2, 0) is 0 Å². The third-order valence-electron chi connectivity index (χ3n) is 3.59. The molecule has 2 atom stereocenters. The van der Waals surface area contributed by atoms with Gasteiger partial charge in [0.2, 0.25) is 0 Å². The fourth-order valence-corrected chi connectivity index (χ4v) is 2.51. The predicted octanol–water partition coefficient (Wildman–Crippen LogP) is 2.02. The highest BCUT2D eigenvalue weighted by Crippen LogP contribution is 2.26. The highest BCUT2D eigenvalue weighted by atomic mass is 19.1. The molecule has 1 saturated heterocycles. The highest BCUT2D eigenvalue weighted by molar-refractivity contribution is 5.50. The second-order valence-corrected chi connectivity index (χ2v) is 5.19. The quantitative estimate of drug-likeness (QED) is 0.872. The Bertz CT molecular complexity index is 422. The van der Waals surface area contributed by atoms with Gasteiger partial charge in [0.05, 0.1) is 11.8 Å². The Balaban J connectivity index is 2.23. The van der Waals surface area contributed by atoms with E-state index in [9.17, 15) is 9.50 Å². The Labute approximate surface area is 108 Å². The number of aliphatic hydroxyl groups is 1. The summed E-state index contributed by atoms with van der Waals surface area (Å²) in [6.07, 6.45) is -0.626. The Hall–Kier alpha value is -1.13. The summed E-state index contributed by atoms with van der Waals surface area (Å²) in [5.41, 5.74) is 1.26. The van der Waals surface area contributed by atoms with Gasteiger partial charge in [-0.2, -0.15) is 0 Å². The molecule has 0 saturated carbocycles. The maximum absolute atomic E-state index is 14.1. The number of piperazine rings is 1. The van der Waals surface area contributed by atoms with E-state index < -0.39 is 6.10 Å². The van der Waals surface area contributed by atoms with E-state index in [-0.39, 0.29) is 5.82 Å². The van der Waals surface area contributed by atoms with Crippen LogP contribution in [0.2, 0.25) is 0 Å². The van der Waals surface area contributed by atoms with Crippen LogP contribution in [0.5, 0.6) is 0 Å². The fraction of sp³-hybridized carbons (Fsp3) is 0.571. The first-order valence-electron chi connectivity index (χ1n) is 6.41. The van der Waals surface area contributed by atoms with Crippen LogP contribution in [0, 0.1) is 5.82 Å². The van der Waals surface area contributed by atoms with E-state index in [1.165, 1.54) is 6.07 Å². The third-order valence-corrected chi connectivity index (χ3v) is 3.59. The summed E-state index contributed by atoms with van der Waals surface area (Å²) in [6.45, 7) is 6.48. The average Bonchev–Trinajstić information content (AvgIpc) is 2.30. The van der Waals surface area contributed by atoms with Gasteiger partial charge in [-0.3, -0.25) is 0 Å². The summed E-state index contributed by atoms with van der Waals surface area (Å²) in [7, 11) is 2.08. The molecule has 1 heterocycles. The molecule has 2 rings (SSSR count). The van der Waals surface area contributed by atoms with Gasteiger partial charge in [-0.15, -0.1) is 0 Å². The van der Waals surface area contributed by atoms with Gasteiger partial charge >= 0.3 is 0 Å². The number of aliphatic hydroxyl groups excluding tert-OH is 1. The normalized spacial score (nSPS) is 23.2. The lowest BCUT2D eigenvalue weighted by atomic mass is 10.1. The Morgan fingerprint density at radius 3 is 2.67 bits per heavy atom. The van der Waals surface area contributed by atoms with Crippen molar-refractivity contribution in [3.8, 4) is 0 Å². The number of benzene rings is 1. The van der Waals surface area contributed by atoms with E-state index in [1.54, 1.807) is 19.1 Å². The number of rotatable bonds is 2. The second kappa shape index (κ2) is 5.24. The first-order valence-corrected chi connectivity index (χ1v) is 6.41. The van der Waals surface area contributed by atoms with Crippen LogP contribution in [0.4, 0.5) is 10.1 Å². The van der Waals surface area contributed by atoms with Crippen molar-refractivity contribution >= 4 is 5.69 Å². The van der Waals surface area contributed by atoms with Gasteiger partial charge in [0.25, 0.3) is 0 Å². The molecular weight excluding hydrogens is 231 g/mol. The SMILES string of the molecule is CC(O)c1ccc(N2CCN(C)CC2C)c(F)c1. The number of halogens is 1. The molecule has 0 radical (unpaired) electrons. The predicted molar refractivity (Wildman–Crippen MR) is 71.3 cm³/mol. The largest absolute Gasteiger partial charge is 0.389 e. The Morgan fingerprint density at radius 2 is 2.11 bits per heavy atom. The molecule has 1 aromatic rings. The van der Waals surface area contributed by atoms with Crippen molar-refractivity contribution in [1.29, 1.82) is 0 Å². The minimum absolute atomic E-state index is 0.246. The number of nitrogens with zero attached hydrogens (tertiary/aromatic N) is 2. The van der Waals surface area contributed by atoms with Gasteiger partial charge in [0.1, 0.15) is 5.82 Å². The standard InChI is InChI=1S/C14H21FN2O/c1-10-9-16(3)6-7-17(10)14-5-4-12(11(2)18)8-13(14)15/h4-5,8,10-11,18H,6-7,9H2,1-3H3. The lowest BCUT2D eigenvalue weighted by Gasteiger charge is -2.40. The first-order chi connectivity index (χ1) is 8.49. The number of likely N-dealkylation sites (N-methyl/N-ethyl adjacent to an activating group) is 1. The van der Waals surface area contributed by atoms with E-state index >= 15 is 0 Å². The summed E-state index contributed by atoms with van der Waals surface area (Å²) in [5, 5.41) is 9.45. The van der Waals surface area contributed by atoms with Crippen LogP contribution in [0.3, 0.4) is 0 Å². The van der Waals surface area contributed by atoms with Crippen molar-refractivity contribution in [3.05, 3.63) is 29.6 Å². The molecule has 1 aliphatic rings. The summed E-state index contributed by atoms with van der Waals surface area (Å²) >= 11 is 0. The van der Waals surface area contributed by atoms with E-state index in [4.69, 9.17) is 0 Å². The highest BCUT2D eigenvalue weighted by Gasteiger charge is 2.24. The van der Waals surface area contributed by atoms with Gasteiger partial charge in [-0.05, 0) is 38.6 Å². The van der Waals surface area contributed by atoms with Crippen molar-refractivity contribution in [2.75, 3.05) is 31.6 Å². The molecule has 0 bridgehead atoms. The van der Waals surface area contributed by atoms with Gasteiger partial charge in [-0.1, -0.05) is 6.07 Å². The van der Waals surface area contributed by atoms with Crippen LogP contribution in [-0.4, -0.2) is 42.7 Å². The molecule has 1 aromatic carbocycles. The lowest BCUT2D eigenvalue weighted by Crippen LogP contribution is -2.50. The van der Waals surface area contributed by atoms with E-state index in [0.717, 1.165) is 19.6 Å². The van der Waals surface area contributed by atoms with E-state index in [2.05, 4.69) is 23.8 Å². The summed E-state index contributed by atoms with van der Waals surface area (Å²) in [6, 6.07) is 5.31. The van der Waals surface area contributed by atoms with Crippen molar-refractivity contribution in [2.45, 2.75) is 26.0 Å². The molecule has 1 fully saturated rings. The van der Waals surface area contributed by atoms with Crippen LogP contribution in [0.15, 0.2) is 18.2 Å². The zero-order valence-corrected chi connectivity index (χ0v) is 11.2. The van der Waals surface area contributed by atoms with E-state index in [1.807, 2.05) is 0 Å². The van der Waals surface area contributed by atoms with Gasteiger partial charge in [0, 0.05) is 25.7 Å². The summed E-state index contributed by atoms with van der Waals surface area (Å²) in [4.78, 5) is 4.35. The molecule has 2 unspecified atom stereocenters. The lowest BCUT2D eigenvalue weighted by molar-refractivity contribution is 0.199. The summed E-state index contributed by atoms with van der Waals surface area (Å²) in [5.74, 6) is -0.246. The first kappa shape index (κ1) is 13.3. The van der Waals surface area contributed by atoms with Crippen molar-refractivity contribution in [2.24, 2.45) is 0 Å². The molecule has 0 aliphatic carbocycles. The number of hydrogen-bond donors (Lipinski definition) is 1. The molecule has 1 N–H and O–H groups in total. The van der Waals surface area contributed by atoms with Crippen LogP contribution in [0.1, 0.15) is 25.5 Å². The molecule has 3 nitrogen and oxygen atoms in total. The number of anilines is 1. The van der Waals surface area contributed by atoms with Gasteiger partial charge in [0.15, 0.2) is 0 Å². The van der Waals surface area contributed by atoms with Gasteiger partial charge in [-0.25, -0.2) is 4.39 Å². The van der Waals surface area contributed by atoms with Gasteiger partial charge < -0.3 is 14.9 Å². The van der Waals surface area contributed by atoms with Crippen LogP contribution in [0.25, 0.3) is 0 Å². The van der Waals surface area contributed by atoms with Crippen molar-refractivity contribution < 1.29 is 9.50 Å². The minimum Gasteiger partial charge on any atom is -0.389 e. The fourth-order valence-electron chi connectivity index (χ4n) is 2.51. The molecule has 0 aromatic heterocycles. The maximum atomic E-state index is 14.1. The Kier molecular flexibility index (Phi) is 3.88. The molecule has 1 aliphatic heterocycles. The Morgan fingerprint density at radius 1 is 1.39 bits per heavy atom. The van der Waals surface area contributed by atoms with Crippen molar-refractivity contribution in [3.63, 3.8) is 0 Å². The zero-order chi connectivity index (χ0) is 13.3. The van der Waals surface area contributed by atoms with Crippen LogP contribution >= 0.6 is 0 Å². The third kappa shape index (κ3) is 2.65. The monoisotopic (exact) mass is 252 g/mol.